The van der Waals surface area contributed by atoms with Gasteiger partial charge < -0.3 is 9.84 Å². The Morgan fingerprint density at radius 2 is 1.81 bits per heavy atom. The molecule has 0 bridgehead atoms. The van der Waals surface area contributed by atoms with Gasteiger partial charge in [-0.15, -0.1) is 0 Å². The van der Waals surface area contributed by atoms with Crippen LogP contribution in [0.5, 0.6) is 0 Å². The van der Waals surface area contributed by atoms with Crippen LogP contribution < -0.4 is 9.62 Å². The fourth-order valence-electron chi connectivity index (χ4n) is 2.35. The van der Waals surface area contributed by atoms with Gasteiger partial charge in [-0.2, -0.15) is 0 Å². The molecule has 0 unspecified atom stereocenters. The van der Waals surface area contributed by atoms with Crippen LogP contribution in [0.25, 0.3) is 0 Å². The number of anilines is 2. The average Bonchev–Trinajstić information content (AvgIpc) is 3.06. The summed E-state index contributed by atoms with van der Waals surface area (Å²) in [7, 11) is -2.33. The minimum Gasteiger partial charge on any atom is -0.360 e. The summed E-state index contributed by atoms with van der Waals surface area (Å²) in [4.78, 5) is 12.4. The number of aryl methyl sites for hydroxylation is 1. The Balaban J connectivity index is 1.87. The summed E-state index contributed by atoms with van der Waals surface area (Å²) in [6, 6.07) is 16.1. The number of hydrogen-bond donors (Lipinski definition) is 1. The van der Waals surface area contributed by atoms with Crippen molar-refractivity contribution in [2.75, 3.05) is 16.7 Å². The van der Waals surface area contributed by atoms with E-state index in [9.17, 15) is 13.2 Å². The van der Waals surface area contributed by atoms with Gasteiger partial charge in [0.05, 0.1) is 10.6 Å². The van der Waals surface area contributed by atoms with Gasteiger partial charge in [0.25, 0.3) is 15.9 Å². The van der Waals surface area contributed by atoms with Gasteiger partial charge >= 0.3 is 0 Å². The van der Waals surface area contributed by atoms with Gasteiger partial charge in [0.1, 0.15) is 5.76 Å². The first-order valence-electron chi connectivity index (χ1n) is 7.76. The molecule has 134 valence electrons. The fourth-order valence-corrected chi connectivity index (χ4v) is 3.59. The average molecular weight is 371 g/mol. The molecule has 1 aromatic heterocycles. The summed E-state index contributed by atoms with van der Waals surface area (Å²) in [5, 5.41) is 6.25. The Morgan fingerprint density at radius 3 is 2.46 bits per heavy atom. The van der Waals surface area contributed by atoms with Gasteiger partial charge in [-0.1, -0.05) is 29.4 Å². The van der Waals surface area contributed by atoms with Crippen molar-refractivity contribution in [2.24, 2.45) is 0 Å². The van der Waals surface area contributed by atoms with E-state index in [1.54, 1.807) is 43.3 Å². The second-order valence-electron chi connectivity index (χ2n) is 5.61. The number of aromatic nitrogens is 1. The summed E-state index contributed by atoms with van der Waals surface area (Å²) in [6.07, 6.45) is 0. The zero-order valence-electron chi connectivity index (χ0n) is 14.2. The number of hydrogen-bond acceptors (Lipinski definition) is 5. The number of para-hydroxylation sites is 1. The van der Waals surface area contributed by atoms with Gasteiger partial charge in [-0.3, -0.25) is 9.10 Å². The standard InChI is InChI=1S/C18H17N3O4S/c1-13-11-17(20-25-13)19-18(22)14-7-6-10-16(12-14)26(23,24)21(2)15-8-4-3-5-9-15/h3-12H,1-2H3,(H,19,20,22). The lowest BCUT2D eigenvalue weighted by atomic mass is 10.2. The van der Waals surface area contributed by atoms with Crippen molar-refractivity contribution in [3.63, 3.8) is 0 Å². The number of rotatable bonds is 5. The van der Waals surface area contributed by atoms with E-state index in [1.807, 2.05) is 0 Å². The SMILES string of the molecule is Cc1cc(NC(=O)c2cccc(S(=O)(=O)N(C)c3ccccc3)c2)no1. The molecule has 0 radical (unpaired) electrons. The van der Waals surface area contributed by atoms with Crippen LogP contribution in [-0.2, 0) is 10.0 Å². The van der Waals surface area contributed by atoms with Crippen LogP contribution in [0.3, 0.4) is 0 Å². The molecule has 0 saturated carbocycles. The highest BCUT2D eigenvalue weighted by Gasteiger charge is 2.22. The highest BCUT2D eigenvalue weighted by Crippen LogP contribution is 2.22. The van der Waals surface area contributed by atoms with E-state index in [2.05, 4.69) is 10.5 Å². The molecule has 3 aromatic rings. The Morgan fingerprint density at radius 1 is 1.08 bits per heavy atom. The summed E-state index contributed by atoms with van der Waals surface area (Å²) in [6.45, 7) is 1.70. The maximum absolute atomic E-state index is 12.8. The predicted octanol–water partition coefficient (Wildman–Crippen LogP) is 3.06. The lowest BCUT2D eigenvalue weighted by molar-refractivity contribution is 0.102. The summed E-state index contributed by atoms with van der Waals surface area (Å²) in [5.74, 6) is 0.348. The number of carbonyl (C=O) groups is 1. The van der Waals surface area contributed by atoms with Gasteiger partial charge in [0, 0.05) is 18.7 Å². The van der Waals surface area contributed by atoms with Crippen LogP contribution in [0.4, 0.5) is 11.5 Å². The fraction of sp³-hybridized carbons (Fsp3) is 0.111. The normalized spacial score (nSPS) is 11.2. The zero-order valence-corrected chi connectivity index (χ0v) is 15.0. The van der Waals surface area contributed by atoms with Crippen molar-refractivity contribution in [1.29, 1.82) is 0 Å². The maximum Gasteiger partial charge on any atom is 0.264 e. The van der Waals surface area contributed by atoms with Crippen LogP contribution in [0, 0.1) is 6.92 Å². The molecule has 0 atom stereocenters. The predicted molar refractivity (Wildman–Crippen MR) is 97.7 cm³/mol. The van der Waals surface area contributed by atoms with E-state index in [4.69, 9.17) is 4.52 Å². The molecule has 0 saturated heterocycles. The maximum atomic E-state index is 12.8. The van der Waals surface area contributed by atoms with Crippen molar-refractivity contribution in [3.05, 3.63) is 72.0 Å². The largest absolute Gasteiger partial charge is 0.360 e. The molecule has 0 aliphatic rings. The van der Waals surface area contributed by atoms with Crippen molar-refractivity contribution >= 4 is 27.4 Å². The summed E-state index contributed by atoms with van der Waals surface area (Å²) < 4.78 is 31.7. The molecule has 8 heteroatoms. The Bertz CT molecular complexity index is 1030. The second-order valence-corrected chi connectivity index (χ2v) is 7.58. The number of sulfonamides is 1. The lowest BCUT2D eigenvalue weighted by Crippen LogP contribution is -2.26. The Hall–Kier alpha value is -3.13. The first kappa shape index (κ1) is 17.7. The number of benzene rings is 2. The molecule has 0 aliphatic heterocycles. The number of carbonyl (C=O) groups excluding carboxylic acids is 1. The molecule has 0 fully saturated rings. The third kappa shape index (κ3) is 3.60. The van der Waals surface area contributed by atoms with Crippen LogP contribution in [0.1, 0.15) is 16.1 Å². The number of nitrogens with one attached hydrogen (secondary N) is 1. The minimum absolute atomic E-state index is 0.0211. The van der Waals surface area contributed by atoms with E-state index in [0.29, 0.717) is 11.4 Å². The van der Waals surface area contributed by atoms with E-state index in [0.717, 1.165) is 0 Å². The van der Waals surface area contributed by atoms with Gasteiger partial charge in [0.2, 0.25) is 0 Å². The van der Waals surface area contributed by atoms with E-state index in [-0.39, 0.29) is 16.3 Å². The third-order valence-electron chi connectivity index (χ3n) is 3.74. The molecule has 1 heterocycles. The quantitative estimate of drug-likeness (QED) is 0.744. The lowest BCUT2D eigenvalue weighted by Gasteiger charge is -2.19. The molecule has 0 spiro atoms. The Kier molecular flexibility index (Phi) is 4.77. The molecule has 1 N–H and O–H groups in total. The van der Waals surface area contributed by atoms with E-state index in [1.165, 1.54) is 35.6 Å². The molecule has 2 aromatic carbocycles. The number of nitrogens with zero attached hydrogens (tertiary/aromatic N) is 2. The third-order valence-corrected chi connectivity index (χ3v) is 5.53. The van der Waals surface area contributed by atoms with Crippen molar-refractivity contribution in [1.82, 2.24) is 5.16 Å². The summed E-state index contributed by atoms with van der Waals surface area (Å²) in [5.41, 5.74) is 0.730. The van der Waals surface area contributed by atoms with Gasteiger partial charge in [-0.25, -0.2) is 8.42 Å². The van der Waals surface area contributed by atoms with Crippen LogP contribution in [0.2, 0.25) is 0 Å². The molecular weight excluding hydrogens is 354 g/mol. The molecule has 1 amide bonds. The topological polar surface area (TPSA) is 92.5 Å². The van der Waals surface area contributed by atoms with Crippen LogP contribution in [-0.4, -0.2) is 26.5 Å². The first-order chi connectivity index (χ1) is 12.4. The van der Waals surface area contributed by atoms with E-state index < -0.39 is 15.9 Å². The Labute approximate surface area is 151 Å². The van der Waals surface area contributed by atoms with Crippen LogP contribution in [0.15, 0.2) is 70.1 Å². The monoisotopic (exact) mass is 371 g/mol. The molecule has 3 rings (SSSR count). The molecular formula is C18H17N3O4S. The van der Waals surface area contributed by atoms with Crippen molar-refractivity contribution in [3.8, 4) is 0 Å². The molecule has 0 aliphatic carbocycles. The summed E-state index contributed by atoms with van der Waals surface area (Å²) >= 11 is 0. The first-order valence-corrected chi connectivity index (χ1v) is 9.20. The highest BCUT2D eigenvalue weighted by molar-refractivity contribution is 7.92. The zero-order chi connectivity index (χ0) is 18.7. The van der Waals surface area contributed by atoms with Gasteiger partial charge in [0.15, 0.2) is 5.82 Å². The molecule has 26 heavy (non-hydrogen) atoms. The second kappa shape index (κ2) is 7.01. The van der Waals surface area contributed by atoms with Crippen LogP contribution >= 0.6 is 0 Å². The number of amides is 1. The minimum atomic E-state index is -3.80. The van der Waals surface area contributed by atoms with Gasteiger partial charge in [-0.05, 0) is 37.3 Å². The highest BCUT2D eigenvalue weighted by atomic mass is 32.2. The molecule has 7 nitrogen and oxygen atoms in total. The van der Waals surface area contributed by atoms with E-state index >= 15 is 0 Å². The van der Waals surface area contributed by atoms with Crippen molar-refractivity contribution in [2.45, 2.75) is 11.8 Å². The van der Waals surface area contributed by atoms with Crippen molar-refractivity contribution < 1.29 is 17.7 Å². The smallest absolute Gasteiger partial charge is 0.264 e.